The summed E-state index contributed by atoms with van der Waals surface area (Å²) >= 11 is 1.93. The molecule has 1 fully saturated rings. The lowest BCUT2D eigenvalue weighted by Gasteiger charge is -2.09. The molecule has 0 amide bonds. The van der Waals surface area contributed by atoms with Crippen LogP contribution in [0.25, 0.3) is 0 Å². The first-order valence-corrected chi connectivity index (χ1v) is 8.36. The van der Waals surface area contributed by atoms with E-state index in [-0.39, 0.29) is 0 Å². The summed E-state index contributed by atoms with van der Waals surface area (Å²) in [4.78, 5) is 0. The van der Waals surface area contributed by atoms with Crippen LogP contribution in [-0.4, -0.2) is 27.8 Å². The molecular formula is C14H25N3S. The van der Waals surface area contributed by atoms with Gasteiger partial charge in [-0.2, -0.15) is 16.9 Å². The molecule has 0 bridgehead atoms. The lowest BCUT2D eigenvalue weighted by molar-refractivity contribution is 0.460. The van der Waals surface area contributed by atoms with E-state index in [4.69, 9.17) is 0 Å². The second-order valence-electron chi connectivity index (χ2n) is 5.24. The molecule has 2 rings (SSSR count). The Hall–Kier alpha value is -0.480. The maximum Gasteiger partial charge on any atom is 0.0762 e. The van der Waals surface area contributed by atoms with Gasteiger partial charge in [-0.3, -0.25) is 4.68 Å². The van der Waals surface area contributed by atoms with Crippen molar-refractivity contribution in [1.29, 1.82) is 0 Å². The molecule has 102 valence electrons. The van der Waals surface area contributed by atoms with Crippen LogP contribution >= 0.6 is 11.8 Å². The van der Waals surface area contributed by atoms with Crippen LogP contribution in [0, 0.1) is 0 Å². The predicted molar refractivity (Wildman–Crippen MR) is 79.0 cm³/mol. The van der Waals surface area contributed by atoms with Gasteiger partial charge in [0.2, 0.25) is 0 Å². The van der Waals surface area contributed by atoms with Crippen LogP contribution in [0.4, 0.5) is 0 Å². The highest BCUT2D eigenvalue weighted by Crippen LogP contribution is 2.28. The van der Waals surface area contributed by atoms with Crippen LogP contribution in [0.2, 0.25) is 0 Å². The van der Waals surface area contributed by atoms with Crippen molar-refractivity contribution in [3.05, 3.63) is 18.0 Å². The van der Waals surface area contributed by atoms with Gasteiger partial charge < -0.3 is 5.32 Å². The summed E-state index contributed by atoms with van der Waals surface area (Å²) < 4.78 is 2.18. The van der Waals surface area contributed by atoms with Gasteiger partial charge in [-0.25, -0.2) is 0 Å². The van der Waals surface area contributed by atoms with E-state index in [1.165, 1.54) is 37.8 Å². The molecule has 1 atom stereocenters. The van der Waals surface area contributed by atoms with Gasteiger partial charge in [0, 0.05) is 18.0 Å². The number of thioether (sulfide) groups is 1. The summed E-state index contributed by atoms with van der Waals surface area (Å²) in [6.07, 6.45) is 10.9. The monoisotopic (exact) mass is 267 g/mol. The van der Waals surface area contributed by atoms with Crippen LogP contribution in [0.1, 0.15) is 50.8 Å². The van der Waals surface area contributed by atoms with Crippen molar-refractivity contribution in [1.82, 2.24) is 15.1 Å². The topological polar surface area (TPSA) is 29.9 Å². The second kappa shape index (κ2) is 7.19. The Morgan fingerprint density at radius 2 is 2.28 bits per heavy atom. The number of nitrogens with one attached hydrogen (secondary N) is 1. The minimum Gasteiger partial charge on any atom is -0.311 e. The third kappa shape index (κ3) is 4.02. The third-order valence-electron chi connectivity index (χ3n) is 3.80. The van der Waals surface area contributed by atoms with Crippen molar-refractivity contribution in [2.45, 2.75) is 56.9 Å². The standard InChI is InChI=1S/C14H25N3S/c1-12(18-2)7-9-15-11-13-8-10-17(16-13)14-5-3-4-6-14/h8,10,12,14-15H,3-7,9,11H2,1-2H3. The fourth-order valence-corrected chi connectivity index (χ4v) is 2.84. The molecule has 4 heteroatoms. The largest absolute Gasteiger partial charge is 0.311 e. The highest BCUT2D eigenvalue weighted by molar-refractivity contribution is 7.99. The van der Waals surface area contributed by atoms with Gasteiger partial charge >= 0.3 is 0 Å². The average Bonchev–Trinajstić information content (AvgIpc) is 3.04. The smallest absolute Gasteiger partial charge is 0.0762 e. The van der Waals surface area contributed by atoms with Crippen LogP contribution in [0.3, 0.4) is 0 Å². The van der Waals surface area contributed by atoms with Crippen molar-refractivity contribution in [2.75, 3.05) is 12.8 Å². The number of hydrogen-bond donors (Lipinski definition) is 1. The van der Waals surface area contributed by atoms with Crippen LogP contribution in [-0.2, 0) is 6.54 Å². The highest BCUT2D eigenvalue weighted by Gasteiger charge is 2.17. The summed E-state index contributed by atoms with van der Waals surface area (Å²) in [5.41, 5.74) is 1.18. The zero-order valence-corrected chi connectivity index (χ0v) is 12.4. The quantitative estimate of drug-likeness (QED) is 0.769. The van der Waals surface area contributed by atoms with E-state index < -0.39 is 0 Å². The van der Waals surface area contributed by atoms with Crippen LogP contribution < -0.4 is 5.32 Å². The number of rotatable bonds is 7. The Bertz CT molecular complexity index is 345. The van der Waals surface area contributed by atoms with Crippen molar-refractivity contribution < 1.29 is 0 Å². The minimum absolute atomic E-state index is 0.662. The van der Waals surface area contributed by atoms with Crippen molar-refractivity contribution in [3.63, 3.8) is 0 Å². The molecule has 1 aliphatic carbocycles. The van der Waals surface area contributed by atoms with E-state index >= 15 is 0 Å². The summed E-state index contributed by atoms with van der Waals surface area (Å²) in [6, 6.07) is 2.82. The van der Waals surface area contributed by atoms with E-state index in [1.54, 1.807) is 0 Å². The first kappa shape index (κ1) is 13.9. The Labute approximate surface area is 115 Å². The van der Waals surface area contributed by atoms with Gasteiger partial charge in [-0.05, 0) is 38.1 Å². The van der Waals surface area contributed by atoms with Crippen molar-refractivity contribution >= 4 is 11.8 Å². The van der Waals surface area contributed by atoms with Gasteiger partial charge in [0.1, 0.15) is 0 Å². The summed E-state index contributed by atoms with van der Waals surface area (Å²) in [6.45, 7) is 4.26. The molecule has 0 saturated heterocycles. The van der Waals surface area contributed by atoms with Gasteiger partial charge in [-0.1, -0.05) is 19.8 Å². The van der Waals surface area contributed by atoms with E-state index in [1.807, 2.05) is 11.8 Å². The molecule has 1 saturated carbocycles. The zero-order valence-electron chi connectivity index (χ0n) is 11.6. The van der Waals surface area contributed by atoms with E-state index in [2.05, 4.69) is 40.5 Å². The molecule has 0 spiro atoms. The predicted octanol–water partition coefficient (Wildman–Crippen LogP) is 3.23. The number of hydrogen-bond acceptors (Lipinski definition) is 3. The molecule has 18 heavy (non-hydrogen) atoms. The first-order valence-electron chi connectivity index (χ1n) is 7.07. The molecular weight excluding hydrogens is 242 g/mol. The molecule has 0 aliphatic heterocycles. The lowest BCUT2D eigenvalue weighted by Crippen LogP contribution is -2.18. The molecule has 0 aromatic carbocycles. The Balaban J connectivity index is 1.70. The Kier molecular flexibility index (Phi) is 5.57. The zero-order chi connectivity index (χ0) is 12.8. The highest BCUT2D eigenvalue weighted by atomic mass is 32.2. The number of nitrogens with zero attached hydrogens (tertiary/aromatic N) is 2. The fourth-order valence-electron chi connectivity index (χ4n) is 2.48. The number of aromatic nitrogens is 2. The van der Waals surface area contributed by atoms with Gasteiger partial charge in [0.05, 0.1) is 11.7 Å². The maximum atomic E-state index is 4.68. The molecule has 1 heterocycles. The van der Waals surface area contributed by atoms with Crippen LogP contribution in [0.5, 0.6) is 0 Å². The molecule has 3 nitrogen and oxygen atoms in total. The van der Waals surface area contributed by atoms with E-state index in [0.29, 0.717) is 6.04 Å². The molecule has 1 aromatic heterocycles. The lowest BCUT2D eigenvalue weighted by atomic mass is 10.3. The fraction of sp³-hybridized carbons (Fsp3) is 0.786. The summed E-state index contributed by atoms with van der Waals surface area (Å²) in [5.74, 6) is 0. The third-order valence-corrected chi connectivity index (χ3v) is 4.84. The second-order valence-corrected chi connectivity index (χ2v) is 6.51. The average molecular weight is 267 g/mol. The van der Waals surface area contributed by atoms with E-state index in [9.17, 15) is 0 Å². The van der Waals surface area contributed by atoms with Gasteiger partial charge in [0.25, 0.3) is 0 Å². The normalized spacial score (nSPS) is 18.3. The maximum absolute atomic E-state index is 4.68. The minimum atomic E-state index is 0.662. The van der Waals surface area contributed by atoms with E-state index in [0.717, 1.165) is 18.3 Å². The Morgan fingerprint density at radius 3 is 3.00 bits per heavy atom. The molecule has 1 N–H and O–H groups in total. The molecule has 1 unspecified atom stereocenters. The SMILES string of the molecule is CSC(C)CCNCc1ccn(C2CCCC2)n1. The van der Waals surface area contributed by atoms with Crippen molar-refractivity contribution in [3.8, 4) is 0 Å². The molecule has 0 radical (unpaired) electrons. The van der Waals surface area contributed by atoms with Crippen molar-refractivity contribution in [2.24, 2.45) is 0 Å². The molecule has 1 aromatic rings. The summed E-state index contributed by atoms with van der Waals surface area (Å²) in [7, 11) is 0. The van der Waals surface area contributed by atoms with Gasteiger partial charge in [-0.15, -0.1) is 0 Å². The van der Waals surface area contributed by atoms with Crippen LogP contribution in [0.15, 0.2) is 12.3 Å². The first-order chi connectivity index (χ1) is 8.79. The molecule has 1 aliphatic rings. The van der Waals surface area contributed by atoms with Gasteiger partial charge in [0.15, 0.2) is 0 Å². The summed E-state index contributed by atoms with van der Waals surface area (Å²) in [5, 5.41) is 8.90. The Morgan fingerprint density at radius 1 is 1.50 bits per heavy atom.